The van der Waals surface area contributed by atoms with Gasteiger partial charge in [0.25, 0.3) is 0 Å². The second-order valence-electron chi connectivity index (χ2n) is 3.54. The Bertz CT molecular complexity index is 170. The lowest BCUT2D eigenvalue weighted by atomic mass is 10.2. The summed E-state index contributed by atoms with van der Waals surface area (Å²) in [6, 6.07) is 0.782. The molecule has 12 heavy (non-hydrogen) atoms. The van der Waals surface area contributed by atoms with Crippen LogP contribution in [0, 0.1) is 0 Å². The van der Waals surface area contributed by atoms with Crippen molar-refractivity contribution in [1.82, 2.24) is 10.2 Å². The second-order valence-corrected chi connectivity index (χ2v) is 3.54. The molecule has 1 aliphatic rings. The van der Waals surface area contributed by atoms with Crippen LogP contribution in [-0.2, 0) is 0 Å². The summed E-state index contributed by atoms with van der Waals surface area (Å²) in [5.74, 6) is 0. The fraction of sp³-hybridized carbons (Fsp3) is 0.875. The summed E-state index contributed by atoms with van der Waals surface area (Å²) < 4.78 is 0. The fourth-order valence-electron chi connectivity index (χ4n) is 1.54. The second kappa shape index (κ2) is 3.76. The Morgan fingerprint density at radius 3 is 2.75 bits per heavy atom. The molecule has 1 amide bonds. The monoisotopic (exact) mass is 172 g/mol. The number of nitrogens with zero attached hydrogens (tertiary/aromatic N) is 1. The van der Waals surface area contributed by atoms with Crippen LogP contribution >= 0.6 is 0 Å². The van der Waals surface area contributed by atoms with Crippen molar-refractivity contribution < 1.29 is 9.90 Å². The molecule has 0 aliphatic carbocycles. The Labute approximate surface area is 72.6 Å². The van der Waals surface area contributed by atoms with Crippen molar-refractivity contribution in [2.75, 3.05) is 13.1 Å². The molecule has 0 saturated carbocycles. The van der Waals surface area contributed by atoms with Gasteiger partial charge in [0.1, 0.15) is 0 Å². The first-order chi connectivity index (χ1) is 5.59. The summed E-state index contributed by atoms with van der Waals surface area (Å²) >= 11 is 0. The van der Waals surface area contributed by atoms with Crippen LogP contribution in [0.3, 0.4) is 0 Å². The predicted molar refractivity (Wildman–Crippen MR) is 46.3 cm³/mol. The summed E-state index contributed by atoms with van der Waals surface area (Å²) in [4.78, 5) is 12.0. The highest BCUT2D eigenvalue weighted by atomic mass is 16.4. The molecule has 4 heteroatoms. The highest BCUT2D eigenvalue weighted by molar-refractivity contribution is 5.65. The first-order valence-corrected chi connectivity index (χ1v) is 4.33. The van der Waals surface area contributed by atoms with Crippen LogP contribution in [0.4, 0.5) is 4.79 Å². The van der Waals surface area contributed by atoms with Crippen LogP contribution in [0.5, 0.6) is 0 Å². The van der Waals surface area contributed by atoms with Gasteiger partial charge in [-0.3, -0.25) is 0 Å². The lowest BCUT2D eigenvalue weighted by Gasteiger charge is -2.15. The number of hydrogen-bond donors (Lipinski definition) is 2. The highest BCUT2D eigenvalue weighted by Gasteiger charge is 2.25. The molecule has 1 atom stereocenters. The van der Waals surface area contributed by atoms with Gasteiger partial charge in [0, 0.05) is 25.2 Å². The normalized spacial score (nSPS) is 23.6. The number of carbonyl (C=O) groups is 1. The largest absolute Gasteiger partial charge is 0.465 e. The van der Waals surface area contributed by atoms with Gasteiger partial charge >= 0.3 is 6.09 Å². The maximum absolute atomic E-state index is 10.5. The standard InChI is InChI=1S/C8H16N2O2/c1-6(2)9-7-3-4-10(5-7)8(11)12/h6-7,9H,3-5H2,1-2H3,(H,11,12). The van der Waals surface area contributed by atoms with E-state index in [0.29, 0.717) is 25.2 Å². The van der Waals surface area contributed by atoms with E-state index in [4.69, 9.17) is 5.11 Å². The minimum absolute atomic E-state index is 0.348. The molecule has 1 rings (SSSR count). The summed E-state index contributed by atoms with van der Waals surface area (Å²) in [7, 11) is 0. The zero-order valence-corrected chi connectivity index (χ0v) is 7.58. The van der Waals surface area contributed by atoms with Gasteiger partial charge < -0.3 is 15.3 Å². The van der Waals surface area contributed by atoms with E-state index in [1.807, 2.05) is 0 Å². The Balaban J connectivity index is 2.30. The van der Waals surface area contributed by atoms with E-state index in [1.165, 1.54) is 4.90 Å². The smallest absolute Gasteiger partial charge is 0.407 e. The molecule has 1 unspecified atom stereocenters. The van der Waals surface area contributed by atoms with Gasteiger partial charge in [-0.15, -0.1) is 0 Å². The van der Waals surface area contributed by atoms with Crippen molar-refractivity contribution >= 4 is 6.09 Å². The third kappa shape index (κ3) is 2.37. The molecule has 0 aromatic carbocycles. The molecule has 2 N–H and O–H groups in total. The first-order valence-electron chi connectivity index (χ1n) is 4.33. The molecule has 0 spiro atoms. The molecule has 0 radical (unpaired) electrons. The fourth-order valence-corrected chi connectivity index (χ4v) is 1.54. The van der Waals surface area contributed by atoms with Gasteiger partial charge in [0.05, 0.1) is 0 Å². The third-order valence-corrected chi connectivity index (χ3v) is 2.03. The predicted octanol–water partition coefficient (Wildman–Crippen LogP) is 0.737. The zero-order chi connectivity index (χ0) is 9.14. The number of likely N-dealkylation sites (tertiary alicyclic amines) is 1. The average Bonchev–Trinajstić information content (AvgIpc) is 2.34. The minimum Gasteiger partial charge on any atom is -0.465 e. The Hall–Kier alpha value is -0.770. The summed E-state index contributed by atoms with van der Waals surface area (Å²) in [5, 5.41) is 12.0. The van der Waals surface area contributed by atoms with E-state index in [-0.39, 0.29) is 0 Å². The number of rotatable bonds is 2. The quantitative estimate of drug-likeness (QED) is 0.646. The van der Waals surface area contributed by atoms with Crippen LogP contribution in [0.15, 0.2) is 0 Å². The Morgan fingerprint density at radius 2 is 2.33 bits per heavy atom. The van der Waals surface area contributed by atoms with E-state index >= 15 is 0 Å². The van der Waals surface area contributed by atoms with Crippen LogP contribution in [0.2, 0.25) is 0 Å². The van der Waals surface area contributed by atoms with Crippen molar-refractivity contribution in [2.45, 2.75) is 32.4 Å². The summed E-state index contributed by atoms with van der Waals surface area (Å²) in [6.07, 6.45) is 0.132. The van der Waals surface area contributed by atoms with Gasteiger partial charge in [-0.05, 0) is 6.42 Å². The van der Waals surface area contributed by atoms with Gasteiger partial charge in [0.15, 0.2) is 0 Å². The van der Waals surface area contributed by atoms with Crippen molar-refractivity contribution in [3.63, 3.8) is 0 Å². The molecular formula is C8H16N2O2. The zero-order valence-electron chi connectivity index (χ0n) is 7.58. The molecular weight excluding hydrogens is 156 g/mol. The van der Waals surface area contributed by atoms with Gasteiger partial charge in [-0.1, -0.05) is 13.8 Å². The van der Waals surface area contributed by atoms with E-state index in [1.54, 1.807) is 0 Å². The van der Waals surface area contributed by atoms with Crippen LogP contribution in [0.25, 0.3) is 0 Å². The van der Waals surface area contributed by atoms with Crippen LogP contribution in [-0.4, -0.2) is 41.3 Å². The molecule has 1 aliphatic heterocycles. The number of hydrogen-bond acceptors (Lipinski definition) is 2. The Kier molecular flexibility index (Phi) is 2.92. The van der Waals surface area contributed by atoms with Crippen molar-refractivity contribution in [2.24, 2.45) is 0 Å². The van der Waals surface area contributed by atoms with Crippen molar-refractivity contribution in [3.8, 4) is 0 Å². The first kappa shape index (κ1) is 9.32. The highest BCUT2D eigenvalue weighted by Crippen LogP contribution is 2.09. The van der Waals surface area contributed by atoms with Crippen LogP contribution in [0.1, 0.15) is 20.3 Å². The number of amides is 1. The van der Waals surface area contributed by atoms with Crippen molar-refractivity contribution in [1.29, 1.82) is 0 Å². The van der Waals surface area contributed by atoms with E-state index in [9.17, 15) is 4.79 Å². The molecule has 4 nitrogen and oxygen atoms in total. The number of nitrogens with one attached hydrogen (secondary N) is 1. The van der Waals surface area contributed by atoms with Gasteiger partial charge in [0.2, 0.25) is 0 Å². The Morgan fingerprint density at radius 1 is 1.67 bits per heavy atom. The lowest BCUT2D eigenvalue weighted by molar-refractivity contribution is 0.154. The molecule has 0 bridgehead atoms. The van der Waals surface area contributed by atoms with Crippen molar-refractivity contribution in [3.05, 3.63) is 0 Å². The summed E-state index contributed by atoms with van der Waals surface area (Å²) in [6.45, 7) is 5.44. The minimum atomic E-state index is -0.803. The van der Waals surface area contributed by atoms with E-state index in [2.05, 4.69) is 19.2 Å². The summed E-state index contributed by atoms with van der Waals surface area (Å²) in [5.41, 5.74) is 0. The lowest BCUT2D eigenvalue weighted by Crippen LogP contribution is -2.38. The number of carboxylic acid groups (broad SMARTS) is 1. The van der Waals surface area contributed by atoms with E-state index in [0.717, 1.165) is 6.42 Å². The molecule has 1 heterocycles. The van der Waals surface area contributed by atoms with Gasteiger partial charge in [-0.2, -0.15) is 0 Å². The molecule has 1 saturated heterocycles. The molecule has 1 fully saturated rings. The molecule has 70 valence electrons. The maximum Gasteiger partial charge on any atom is 0.407 e. The topological polar surface area (TPSA) is 52.6 Å². The van der Waals surface area contributed by atoms with Gasteiger partial charge in [-0.25, -0.2) is 4.79 Å². The molecule has 0 aromatic heterocycles. The average molecular weight is 172 g/mol. The maximum atomic E-state index is 10.5. The SMILES string of the molecule is CC(C)NC1CCN(C(=O)O)C1. The van der Waals surface area contributed by atoms with E-state index < -0.39 is 6.09 Å². The third-order valence-electron chi connectivity index (χ3n) is 2.03. The van der Waals surface area contributed by atoms with Crippen LogP contribution < -0.4 is 5.32 Å². The molecule has 0 aromatic rings.